The van der Waals surface area contributed by atoms with Gasteiger partial charge in [0.05, 0.1) is 11.9 Å². The van der Waals surface area contributed by atoms with Gasteiger partial charge in [-0.3, -0.25) is 10.1 Å². The van der Waals surface area contributed by atoms with Crippen molar-refractivity contribution >= 4 is 11.9 Å². The van der Waals surface area contributed by atoms with Crippen LogP contribution in [0, 0.1) is 0 Å². The Labute approximate surface area is 98.5 Å². The fourth-order valence-electron chi connectivity index (χ4n) is 1.14. The van der Waals surface area contributed by atoms with Crippen LogP contribution in [0.4, 0.5) is 4.79 Å². The summed E-state index contributed by atoms with van der Waals surface area (Å²) in [5, 5.41) is 12.2. The van der Waals surface area contributed by atoms with Gasteiger partial charge in [-0.1, -0.05) is 5.21 Å². The zero-order valence-electron chi connectivity index (χ0n) is 9.80. The van der Waals surface area contributed by atoms with Gasteiger partial charge < -0.3 is 11.1 Å². The molecule has 17 heavy (non-hydrogen) atoms. The normalized spacial score (nSPS) is 11.9. The molecular formula is C9H16N6O2. The van der Waals surface area contributed by atoms with Gasteiger partial charge in [0, 0.05) is 13.1 Å². The molecule has 1 unspecified atom stereocenters. The van der Waals surface area contributed by atoms with Crippen LogP contribution >= 0.6 is 0 Å². The Morgan fingerprint density at radius 1 is 1.59 bits per heavy atom. The maximum atomic E-state index is 11.6. The Balaban J connectivity index is 2.60. The molecule has 1 aromatic rings. The first-order valence-corrected chi connectivity index (χ1v) is 5.28. The highest BCUT2D eigenvalue weighted by Gasteiger charge is 2.18. The van der Waals surface area contributed by atoms with Crippen molar-refractivity contribution in [2.24, 2.45) is 5.73 Å². The van der Waals surface area contributed by atoms with Crippen LogP contribution in [0.15, 0.2) is 6.20 Å². The van der Waals surface area contributed by atoms with Gasteiger partial charge in [-0.2, -0.15) is 0 Å². The number of urea groups is 1. The SMILES string of the molecule is CCNC(=O)NC(=O)C(C)n1cc(CN)nn1. The molecule has 0 saturated carbocycles. The van der Waals surface area contributed by atoms with Gasteiger partial charge in [0.1, 0.15) is 6.04 Å². The van der Waals surface area contributed by atoms with Crippen LogP contribution in [0.25, 0.3) is 0 Å². The molecule has 1 atom stereocenters. The summed E-state index contributed by atoms with van der Waals surface area (Å²) in [4.78, 5) is 22.8. The highest BCUT2D eigenvalue weighted by Crippen LogP contribution is 2.04. The van der Waals surface area contributed by atoms with Crippen molar-refractivity contribution in [3.63, 3.8) is 0 Å². The third-order valence-corrected chi connectivity index (χ3v) is 2.12. The maximum absolute atomic E-state index is 11.6. The van der Waals surface area contributed by atoms with Gasteiger partial charge >= 0.3 is 6.03 Å². The first-order chi connectivity index (χ1) is 8.08. The standard InChI is InChI=1S/C9H16N6O2/c1-3-11-9(17)12-8(16)6(2)15-5-7(4-10)13-14-15/h5-6H,3-4,10H2,1-2H3,(H2,11,12,16,17). The minimum atomic E-state index is -0.620. The highest BCUT2D eigenvalue weighted by atomic mass is 16.2. The fraction of sp³-hybridized carbons (Fsp3) is 0.556. The summed E-state index contributed by atoms with van der Waals surface area (Å²) < 4.78 is 1.36. The van der Waals surface area contributed by atoms with Gasteiger partial charge in [0.2, 0.25) is 0 Å². The molecule has 0 aromatic carbocycles. The van der Waals surface area contributed by atoms with Gasteiger partial charge in [-0.15, -0.1) is 5.10 Å². The first kappa shape index (κ1) is 13.1. The van der Waals surface area contributed by atoms with Gasteiger partial charge in [-0.25, -0.2) is 9.48 Å². The molecule has 1 rings (SSSR count). The number of carbonyl (C=O) groups excluding carboxylic acids is 2. The molecule has 1 heterocycles. The van der Waals surface area contributed by atoms with Crippen molar-refractivity contribution in [2.45, 2.75) is 26.4 Å². The van der Waals surface area contributed by atoms with E-state index < -0.39 is 18.0 Å². The van der Waals surface area contributed by atoms with Crippen molar-refractivity contribution in [2.75, 3.05) is 6.54 Å². The number of nitrogens with zero attached hydrogens (tertiary/aromatic N) is 3. The molecule has 8 nitrogen and oxygen atoms in total. The number of imide groups is 1. The number of hydrogen-bond acceptors (Lipinski definition) is 5. The second-order valence-corrected chi connectivity index (χ2v) is 3.42. The molecule has 3 amide bonds. The summed E-state index contributed by atoms with van der Waals surface area (Å²) >= 11 is 0. The molecule has 0 aliphatic carbocycles. The van der Waals surface area contributed by atoms with Crippen LogP contribution in [0.3, 0.4) is 0 Å². The molecule has 0 aliphatic heterocycles. The van der Waals surface area contributed by atoms with E-state index in [4.69, 9.17) is 5.73 Å². The second-order valence-electron chi connectivity index (χ2n) is 3.42. The molecule has 0 bridgehead atoms. The number of hydrogen-bond donors (Lipinski definition) is 3. The monoisotopic (exact) mass is 240 g/mol. The minimum absolute atomic E-state index is 0.255. The smallest absolute Gasteiger partial charge is 0.321 e. The van der Waals surface area contributed by atoms with Crippen LogP contribution in [-0.2, 0) is 11.3 Å². The van der Waals surface area contributed by atoms with Crippen LogP contribution < -0.4 is 16.4 Å². The largest absolute Gasteiger partial charge is 0.338 e. The molecule has 94 valence electrons. The average Bonchev–Trinajstić information content (AvgIpc) is 2.76. The van der Waals surface area contributed by atoms with E-state index in [1.165, 1.54) is 4.68 Å². The van der Waals surface area contributed by atoms with E-state index in [0.29, 0.717) is 12.2 Å². The van der Waals surface area contributed by atoms with Crippen molar-refractivity contribution in [1.29, 1.82) is 0 Å². The van der Waals surface area contributed by atoms with Gasteiger partial charge in [0.15, 0.2) is 0 Å². The van der Waals surface area contributed by atoms with E-state index in [2.05, 4.69) is 20.9 Å². The Morgan fingerprint density at radius 2 is 2.29 bits per heavy atom. The van der Waals surface area contributed by atoms with Crippen LogP contribution in [0.2, 0.25) is 0 Å². The summed E-state index contributed by atoms with van der Waals surface area (Å²) in [5.41, 5.74) is 5.96. The summed E-state index contributed by atoms with van der Waals surface area (Å²) in [6.45, 7) is 4.08. The lowest BCUT2D eigenvalue weighted by atomic mass is 10.3. The molecule has 0 radical (unpaired) electrons. The Hall–Kier alpha value is -1.96. The van der Waals surface area contributed by atoms with Gasteiger partial charge in [-0.05, 0) is 13.8 Å². The molecule has 0 spiro atoms. The topological polar surface area (TPSA) is 115 Å². The number of rotatable bonds is 4. The Kier molecular flexibility index (Phi) is 4.58. The van der Waals surface area contributed by atoms with Crippen molar-refractivity contribution in [1.82, 2.24) is 25.6 Å². The number of nitrogens with one attached hydrogen (secondary N) is 2. The van der Waals surface area contributed by atoms with Gasteiger partial charge in [0.25, 0.3) is 5.91 Å². The van der Waals surface area contributed by atoms with Crippen LogP contribution in [0.1, 0.15) is 25.6 Å². The Morgan fingerprint density at radius 3 is 2.82 bits per heavy atom. The molecule has 0 fully saturated rings. The lowest BCUT2D eigenvalue weighted by Gasteiger charge is -2.11. The van der Waals surface area contributed by atoms with Crippen LogP contribution in [0.5, 0.6) is 0 Å². The molecule has 0 aliphatic rings. The Bertz CT molecular complexity index is 402. The molecule has 0 saturated heterocycles. The van der Waals surface area contributed by atoms with Crippen LogP contribution in [-0.4, -0.2) is 33.5 Å². The third-order valence-electron chi connectivity index (χ3n) is 2.12. The molecule has 8 heteroatoms. The number of carbonyl (C=O) groups is 2. The predicted octanol–water partition coefficient (Wildman–Crippen LogP) is -0.856. The maximum Gasteiger partial charge on any atom is 0.321 e. The molecular weight excluding hydrogens is 224 g/mol. The number of nitrogens with two attached hydrogens (primary N) is 1. The quantitative estimate of drug-likeness (QED) is 0.633. The average molecular weight is 240 g/mol. The fourth-order valence-corrected chi connectivity index (χ4v) is 1.14. The zero-order valence-corrected chi connectivity index (χ0v) is 9.80. The minimum Gasteiger partial charge on any atom is -0.338 e. The van der Waals surface area contributed by atoms with Crippen molar-refractivity contribution < 1.29 is 9.59 Å². The summed E-state index contributed by atoms with van der Waals surface area (Å²) in [6.07, 6.45) is 1.57. The highest BCUT2D eigenvalue weighted by molar-refractivity contribution is 5.95. The van der Waals surface area contributed by atoms with E-state index in [1.54, 1.807) is 20.0 Å². The summed E-state index contributed by atoms with van der Waals surface area (Å²) in [5.74, 6) is -0.454. The number of amides is 3. The molecule has 1 aromatic heterocycles. The summed E-state index contributed by atoms with van der Waals surface area (Å²) in [6, 6.07) is -1.14. The van der Waals surface area contributed by atoms with E-state index >= 15 is 0 Å². The van der Waals surface area contributed by atoms with E-state index in [-0.39, 0.29) is 6.54 Å². The number of aromatic nitrogens is 3. The summed E-state index contributed by atoms with van der Waals surface area (Å²) in [7, 11) is 0. The van der Waals surface area contributed by atoms with Crippen molar-refractivity contribution in [3.05, 3.63) is 11.9 Å². The molecule has 4 N–H and O–H groups in total. The lowest BCUT2D eigenvalue weighted by molar-refractivity contribution is -0.123. The van der Waals surface area contributed by atoms with E-state index in [0.717, 1.165) is 0 Å². The second kappa shape index (κ2) is 5.94. The zero-order chi connectivity index (χ0) is 12.8. The first-order valence-electron chi connectivity index (χ1n) is 5.28. The van der Waals surface area contributed by atoms with Crippen molar-refractivity contribution in [3.8, 4) is 0 Å². The predicted molar refractivity (Wildman–Crippen MR) is 59.8 cm³/mol. The van der Waals surface area contributed by atoms with E-state index in [9.17, 15) is 9.59 Å². The lowest BCUT2D eigenvalue weighted by Crippen LogP contribution is -2.42. The third kappa shape index (κ3) is 3.52. The van der Waals surface area contributed by atoms with E-state index in [1.807, 2.05) is 0 Å².